The molecule has 1 aromatic rings. The number of likely N-dealkylation sites (tertiary alicyclic amines) is 1. The van der Waals surface area contributed by atoms with E-state index in [-0.39, 0.29) is 18.9 Å². The lowest BCUT2D eigenvalue weighted by atomic mass is 9.96. The Morgan fingerprint density at radius 1 is 1.32 bits per heavy atom. The van der Waals surface area contributed by atoms with E-state index in [4.69, 9.17) is 18.9 Å². The fourth-order valence-corrected chi connectivity index (χ4v) is 3.74. The van der Waals surface area contributed by atoms with E-state index in [0.717, 1.165) is 18.4 Å². The number of amides is 1. The van der Waals surface area contributed by atoms with Crippen LogP contribution in [0.2, 0.25) is 0 Å². The third-order valence-corrected chi connectivity index (χ3v) is 4.71. The van der Waals surface area contributed by atoms with E-state index in [1.807, 2.05) is 20.8 Å². The van der Waals surface area contributed by atoms with E-state index < -0.39 is 18.0 Å². The molecule has 3 heterocycles. The Bertz CT molecular complexity index is 698. The zero-order valence-corrected chi connectivity index (χ0v) is 14.7. The van der Waals surface area contributed by atoms with Crippen molar-refractivity contribution < 1.29 is 28.8 Å². The fourth-order valence-electron chi connectivity index (χ4n) is 3.74. The van der Waals surface area contributed by atoms with Crippen LogP contribution in [0.3, 0.4) is 0 Å². The molecule has 0 radical (unpaired) electrons. The number of carbonyl (C=O) groups excluding carboxylic acids is 1. The molecule has 1 aromatic carbocycles. The Morgan fingerprint density at radius 2 is 2.12 bits per heavy atom. The number of rotatable bonds is 1. The van der Waals surface area contributed by atoms with Crippen LogP contribution >= 0.6 is 0 Å². The van der Waals surface area contributed by atoms with E-state index in [1.165, 1.54) is 0 Å². The largest absolute Gasteiger partial charge is 0.454 e. The highest BCUT2D eigenvalue weighted by Crippen LogP contribution is 2.51. The number of ether oxygens (including phenoxy) is 4. The first-order valence-electron chi connectivity index (χ1n) is 8.61. The van der Waals surface area contributed by atoms with Gasteiger partial charge in [0.05, 0.1) is 6.04 Å². The molecule has 3 aliphatic rings. The maximum Gasteiger partial charge on any atom is 0.410 e. The summed E-state index contributed by atoms with van der Waals surface area (Å²) >= 11 is 0. The molecule has 1 amide bonds. The van der Waals surface area contributed by atoms with Crippen molar-refractivity contribution in [3.63, 3.8) is 0 Å². The SMILES string of the molecule is CC(C)(C)OC(=O)N1CCC[C@H]1C1OC(O)c2ccc3c(c21)OCO3. The average Bonchev–Trinajstić information content (AvgIpc) is 3.21. The molecule has 3 atom stereocenters. The summed E-state index contributed by atoms with van der Waals surface area (Å²) in [5.41, 5.74) is 0.893. The van der Waals surface area contributed by atoms with Gasteiger partial charge in [0.2, 0.25) is 6.79 Å². The average molecular weight is 349 g/mol. The summed E-state index contributed by atoms with van der Waals surface area (Å²) in [5, 5.41) is 10.3. The van der Waals surface area contributed by atoms with E-state index in [1.54, 1.807) is 17.0 Å². The molecule has 3 aliphatic heterocycles. The summed E-state index contributed by atoms with van der Waals surface area (Å²) in [6, 6.07) is 3.36. The van der Waals surface area contributed by atoms with Crippen molar-refractivity contribution in [2.75, 3.05) is 13.3 Å². The van der Waals surface area contributed by atoms with Crippen LogP contribution in [0.25, 0.3) is 0 Å². The van der Waals surface area contributed by atoms with Crippen LogP contribution in [0, 0.1) is 0 Å². The van der Waals surface area contributed by atoms with Gasteiger partial charge in [0.25, 0.3) is 0 Å². The van der Waals surface area contributed by atoms with Gasteiger partial charge in [-0.1, -0.05) is 0 Å². The summed E-state index contributed by atoms with van der Waals surface area (Å²) in [5.74, 6) is 1.25. The van der Waals surface area contributed by atoms with Crippen LogP contribution in [0.4, 0.5) is 4.79 Å². The Morgan fingerprint density at radius 3 is 2.88 bits per heavy atom. The van der Waals surface area contributed by atoms with Gasteiger partial charge in [-0.2, -0.15) is 0 Å². The molecule has 1 fully saturated rings. The molecule has 0 bridgehead atoms. The Hall–Kier alpha value is -1.99. The lowest BCUT2D eigenvalue weighted by molar-refractivity contribution is -0.137. The van der Waals surface area contributed by atoms with E-state index in [0.29, 0.717) is 23.6 Å². The first-order valence-corrected chi connectivity index (χ1v) is 8.61. The van der Waals surface area contributed by atoms with Gasteiger partial charge in [-0.15, -0.1) is 0 Å². The smallest absolute Gasteiger partial charge is 0.410 e. The minimum Gasteiger partial charge on any atom is -0.454 e. The zero-order chi connectivity index (χ0) is 17.8. The quantitative estimate of drug-likeness (QED) is 0.840. The highest BCUT2D eigenvalue weighted by Gasteiger charge is 2.46. The number of benzene rings is 1. The molecular formula is C18H23NO6. The summed E-state index contributed by atoms with van der Waals surface area (Å²) in [6.07, 6.45) is -0.208. The molecule has 0 spiro atoms. The van der Waals surface area contributed by atoms with Crippen molar-refractivity contribution in [3.8, 4) is 11.5 Å². The minimum atomic E-state index is -1.03. The topological polar surface area (TPSA) is 77.5 Å². The molecular weight excluding hydrogens is 326 g/mol. The number of aliphatic hydroxyl groups is 1. The maximum atomic E-state index is 12.6. The van der Waals surface area contributed by atoms with Gasteiger partial charge in [-0.3, -0.25) is 0 Å². The van der Waals surface area contributed by atoms with E-state index in [9.17, 15) is 9.90 Å². The van der Waals surface area contributed by atoms with Crippen LogP contribution < -0.4 is 9.47 Å². The first-order chi connectivity index (χ1) is 11.8. The molecule has 1 saturated heterocycles. The van der Waals surface area contributed by atoms with Gasteiger partial charge in [0.15, 0.2) is 17.8 Å². The molecule has 4 rings (SSSR count). The molecule has 136 valence electrons. The molecule has 1 N–H and O–H groups in total. The molecule has 25 heavy (non-hydrogen) atoms. The van der Waals surface area contributed by atoms with Crippen LogP contribution in [0.5, 0.6) is 11.5 Å². The lowest BCUT2D eigenvalue weighted by Gasteiger charge is -2.31. The molecule has 0 aromatic heterocycles. The number of fused-ring (bicyclic) bond motifs is 3. The van der Waals surface area contributed by atoms with Crippen molar-refractivity contribution in [2.24, 2.45) is 0 Å². The normalized spacial score (nSPS) is 27.5. The lowest BCUT2D eigenvalue weighted by Crippen LogP contribution is -2.42. The van der Waals surface area contributed by atoms with Crippen LogP contribution in [0.1, 0.15) is 57.1 Å². The Kier molecular flexibility index (Phi) is 3.81. The third-order valence-electron chi connectivity index (χ3n) is 4.71. The van der Waals surface area contributed by atoms with Crippen molar-refractivity contribution in [3.05, 3.63) is 23.3 Å². The maximum absolute atomic E-state index is 12.6. The van der Waals surface area contributed by atoms with Crippen molar-refractivity contribution in [2.45, 2.75) is 57.6 Å². The summed E-state index contributed by atoms with van der Waals surface area (Å²) in [4.78, 5) is 14.3. The van der Waals surface area contributed by atoms with Crippen LogP contribution in [-0.2, 0) is 9.47 Å². The molecule has 2 unspecified atom stereocenters. The molecule has 0 saturated carbocycles. The predicted octanol–water partition coefficient (Wildman–Crippen LogP) is 2.88. The van der Waals surface area contributed by atoms with Gasteiger partial charge < -0.3 is 29.0 Å². The standard InChI is InChI=1S/C18H23NO6/c1-18(2,3)25-17(21)19-8-4-5-11(19)14-13-10(16(20)24-14)6-7-12-15(13)23-9-22-12/h6-7,11,14,16,20H,4-5,8-9H2,1-3H3/t11-,14?,16?/m0/s1. The second-order valence-corrected chi connectivity index (χ2v) is 7.59. The molecule has 7 nitrogen and oxygen atoms in total. The predicted molar refractivity (Wildman–Crippen MR) is 87.3 cm³/mol. The van der Waals surface area contributed by atoms with Crippen LogP contribution in [-0.4, -0.2) is 41.1 Å². The van der Waals surface area contributed by atoms with Crippen molar-refractivity contribution in [1.82, 2.24) is 4.90 Å². The van der Waals surface area contributed by atoms with Gasteiger partial charge in [0.1, 0.15) is 11.7 Å². The first kappa shape index (κ1) is 16.5. The highest BCUT2D eigenvalue weighted by molar-refractivity contribution is 5.69. The summed E-state index contributed by atoms with van der Waals surface area (Å²) < 4.78 is 22.4. The zero-order valence-electron chi connectivity index (χ0n) is 14.7. The minimum absolute atomic E-state index is 0.148. The monoisotopic (exact) mass is 349 g/mol. The van der Waals surface area contributed by atoms with Gasteiger partial charge in [0, 0.05) is 17.7 Å². The Labute approximate surface area is 146 Å². The third kappa shape index (κ3) is 2.81. The van der Waals surface area contributed by atoms with E-state index in [2.05, 4.69) is 0 Å². The van der Waals surface area contributed by atoms with E-state index >= 15 is 0 Å². The summed E-state index contributed by atoms with van der Waals surface area (Å²) in [6.45, 7) is 6.30. The van der Waals surface area contributed by atoms with Crippen molar-refractivity contribution in [1.29, 1.82) is 0 Å². The molecule has 7 heteroatoms. The highest BCUT2D eigenvalue weighted by atomic mass is 16.7. The van der Waals surface area contributed by atoms with Crippen LogP contribution in [0.15, 0.2) is 12.1 Å². The van der Waals surface area contributed by atoms with Gasteiger partial charge in [-0.05, 0) is 45.7 Å². The number of aliphatic hydroxyl groups excluding tert-OH is 1. The summed E-state index contributed by atoms with van der Waals surface area (Å²) in [7, 11) is 0. The number of hydrogen-bond donors (Lipinski definition) is 1. The number of hydrogen-bond acceptors (Lipinski definition) is 6. The second-order valence-electron chi connectivity index (χ2n) is 7.59. The molecule has 0 aliphatic carbocycles. The second kappa shape index (κ2) is 5.78. The number of nitrogens with zero attached hydrogens (tertiary/aromatic N) is 1. The van der Waals surface area contributed by atoms with Gasteiger partial charge >= 0.3 is 6.09 Å². The fraction of sp³-hybridized carbons (Fsp3) is 0.611. The Balaban J connectivity index is 1.65. The number of carbonyl (C=O) groups is 1. The van der Waals surface area contributed by atoms with Gasteiger partial charge in [-0.25, -0.2) is 4.79 Å². The van der Waals surface area contributed by atoms with Crippen molar-refractivity contribution >= 4 is 6.09 Å².